The third-order valence-electron chi connectivity index (χ3n) is 5.41. The van der Waals surface area contributed by atoms with Crippen LogP contribution in [0, 0.1) is 0 Å². The quantitative estimate of drug-likeness (QED) is 0.598. The standard InChI is InChI=1S/C23H23N5O4S/c1-27-21-13-25-20(22(29)26-12-16-7-9-24-10-8-16)11-18(21)15-28(23(27)30)14-17-3-5-19(6-4-17)33(2,31)32/h3-11,13H,12,14-15H2,1-2H3,(H,26,29). The van der Waals surface area contributed by atoms with E-state index >= 15 is 0 Å². The van der Waals surface area contributed by atoms with Crippen LogP contribution < -0.4 is 10.2 Å². The van der Waals surface area contributed by atoms with E-state index in [1.54, 1.807) is 42.5 Å². The van der Waals surface area contributed by atoms with E-state index in [1.165, 1.54) is 23.2 Å². The van der Waals surface area contributed by atoms with Crippen molar-refractivity contribution in [3.05, 3.63) is 83.4 Å². The SMILES string of the molecule is CN1C(=O)N(Cc2ccc(S(C)(=O)=O)cc2)Cc2cc(C(=O)NCc3ccncc3)ncc21. The van der Waals surface area contributed by atoms with Crippen LogP contribution in [0.1, 0.15) is 27.2 Å². The second-order valence-corrected chi connectivity index (χ2v) is 9.87. The van der Waals surface area contributed by atoms with Crippen molar-refractivity contribution in [3.63, 3.8) is 0 Å². The molecule has 170 valence electrons. The van der Waals surface area contributed by atoms with Gasteiger partial charge in [-0.25, -0.2) is 18.2 Å². The number of amides is 3. The zero-order valence-corrected chi connectivity index (χ0v) is 19.0. The van der Waals surface area contributed by atoms with Crippen molar-refractivity contribution in [1.82, 2.24) is 20.2 Å². The van der Waals surface area contributed by atoms with Crippen molar-refractivity contribution in [3.8, 4) is 0 Å². The lowest BCUT2D eigenvalue weighted by Crippen LogP contribution is -2.44. The fourth-order valence-electron chi connectivity index (χ4n) is 3.59. The Balaban J connectivity index is 1.49. The molecule has 3 amide bonds. The number of hydrogen-bond acceptors (Lipinski definition) is 6. The number of benzene rings is 1. The monoisotopic (exact) mass is 465 g/mol. The van der Waals surface area contributed by atoms with Gasteiger partial charge in [-0.1, -0.05) is 12.1 Å². The lowest BCUT2D eigenvalue weighted by molar-refractivity contribution is 0.0945. The van der Waals surface area contributed by atoms with Crippen LogP contribution in [0.3, 0.4) is 0 Å². The van der Waals surface area contributed by atoms with Gasteiger partial charge in [0.2, 0.25) is 0 Å². The Morgan fingerprint density at radius 3 is 2.45 bits per heavy atom. The average molecular weight is 466 g/mol. The number of nitrogens with zero attached hydrogens (tertiary/aromatic N) is 4. The molecule has 33 heavy (non-hydrogen) atoms. The van der Waals surface area contributed by atoms with E-state index in [2.05, 4.69) is 15.3 Å². The van der Waals surface area contributed by atoms with Gasteiger partial charge in [-0.05, 0) is 47.0 Å². The van der Waals surface area contributed by atoms with Crippen molar-refractivity contribution in [2.75, 3.05) is 18.2 Å². The summed E-state index contributed by atoms with van der Waals surface area (Å²) in [5.41, 5.74) is 3.44. The van der Waals surface area contributed by atoms with Gasteiger partial charge in [0.05, 0.1) is 16.8 Å². The summed E-state index contributed by atoms with van der Waals surface area (Å²) in [5.74, 6) is -0.308. The van der Waals surface area contributed by atoms with Gasteiger partial charge in [-0.15, -0.1) is 0 Å². The normalized spacial score (nSPS) is 13.6. The lowest BCUT2D eigenvalue weighted by atomic mass is 10.1. The van der Waals surface area contributed by atoms with Crippen molar-refractivity contribution in [2.45, 2.75) is 24.5 Å². The van der Waals surface area contributed by atoms with Crippen LogP contribution in [0.4, 0.5) is 10.5 Å². The van der Waals surface area contributed by atoms with Crippen molar-refractivity contribution < 1.29 is 18.0 Å². The maximum absolute atomic E-state index is 12.8. The topological polar surface area (TPSA) is 113 Å². The highest BCUT2D eigenvalue weighted by Gasteiger charge is 2.29. The zero-order chi connectivity index (χ0) is 23.6. The second kappa shape index (κ2) is 8.99. The van der Waals surface area contributed by atoms with Crippen LogP contribution in [-0.2, 0) is 29.5 Å². The third-order valence-corrected chi connectivity index (χ3v) is 6.53. The van der Waals surface area contributed by atoms with E-state index in [-0.39, 0.29) is 22.5 Å². The Morgan fingerprint density at radius 1 is 1.09 bits per heavy atom. The molecular formula is C23H23N5O4S. The number of pyridine rings is 2. The Labute approximate surface area is 192 Å². The predicted octanol–water partition coefficient (Wildman–Crippen LogP) is 2.38. The molecule has 4 rings (SSSR count). The number of carbonyl (C=O) groups excluding carboxylic acids is 2. The number of sulfone groups is 1. The minimum absolute atomic E-state index is 0.202. The molecule has 2 aromatic heterocycles. The van der Waals surface area contributed by atoms with Crippen molar-refractivity contribution in [2.24, 2.45) is 0 Å². The highest BCUT2D eigenvalue weighted by Crippen LogP contribution is 2.28. The van der Waals surface area contributed by atoms with Gasteiger partial charge in [0, 0.05) is 45.3 Å². The summed E-state index contributed by atoms with van der Waals surface area (Å²) in [6.07, 6.45) is 6.01. The lowest BCUT2D eigenvalue weighted by Gasteiger charge is -2.35. The largest absolute Gasteiger partial charge is 0.347 e. The summed E-state index contributed by atoms with van der Waals surface area (Å²) < 4.78 is 23.3. The van der Waals surface area contributed by atoms with Crippen molar-refractivity contribution in [1.29, 1.82) is 0 Å². The summed E-state index contributed by atoms with van der Waals surface area (Å²) in [6, 6.07) is 11.6. The molecule has 1 aromatic carbocycles. The molecule has 1 N–H and O–H groups in total. The van der Waals surface area contributed by atoms with E-state index in [4.69, 9.17) is 0 Å². The maximum Gasteiger partial charge on any atom is 0.324 e. The summed E-state index contributed by atoms with van der Waals surface area (Å²) in [5, 5.41) is 2.84. The molecule has 0 spiro atoms. The molecule has 1 aliphatic rings. The molecule has 10 heteroatoms. The Bertz CT molecular complexity index is 1290. The number of nitrogens with one attached hydrogen (secondary N) is 1. The number of aromatic nitrogens is 2. The van der Waals surface area contributed by atoms with Gasteiger partial charge in [0.15, 0.2) is 9.84 Å². The van der Waals surface area contributed by atoms with Crippen LogP contribution in [0.15, 0.2) is 66.0 Å². The zero-order valence-electron chi connectivity index (χ0n) is 18.2. The molecule has 0 bridgehead atoms. The first-order valence-electron chi connectivity index (χ1n) is 10.2. The van der Waals surface area contributed by atoms with E-state index in [9.17, 15) is 18.0 Å². The molecule has 0 saturated carbocycles. The smallest absolute Gasteiger partial charge is 0.324 e. The first-order chi connectivity index (χ1) is 15.7. The van der Waals surface area contributed by atoms with Gasteiger partial charge in [-0.2, -0.15) is 0 Å². The summed E-state index contributed by atoms with van der Waals surface area (Å²) in [6.45, 7) is 0.964. The molecule has 0 fully saturated rings. The molecular weight excluding hydrogens is 442 g/mol. The van der Waals surface area contributed by atoms with Crippen LogP contribution >= 0.6 is 0 Å². The number of fused-ring (bicyclic) bond motifs is 1. The molecule has 0 saturated heterocycles. The van der Waals surface area contributed by atoms with Crippen LogP contribution in [-0.4, -0.2) is 48.5 Å². The highest BCUT2D eigenvalue weighted by atomic mass is 32.2. The molecule has 3 heterocycles. The third kappa shape index (κ3) is 5.01. The fourth-order valence-corrected chi connectivity index (χ4v) is 4.22. The molecule has 0 unspecified atom stereocenters. The fraction of sp³-hybridized carbons (Fsp3) is 0.217. The number of urea groups is 1. The van der Waals surface area contributed by atoms with Crippen LogP contribution in [0.2, 0.25) is 0 Å². The Kier molecular flexibility index (Phi) is 6.10. The van der Waals surface area contributed by atoms with E-state index in [0.717, 1.165) is 22.9 Å². The summed E-state index contributed by atoms with van der Waals surface area (Å²) in [4.78, 5) is 37.0. The Morgan fingerprint density at radius 2 is 1.79 bits per heavy atom. The minimum atomic E-state index is -3.28. The summed E-state index contributed by atoms with van der Waals surface area (Å²) >= 11 is 0. The van der Waals surface area contributed by atoms with Crippen LogP contribution in [0.5, 0.6) is 0 Å². The molecule has 0 atom stereocenters. The second-order valence-electron chi connectivity index (χ2n) is 7.85. The van der Waals surface area contributed by atoms with Gasteiger partial charge in [0.25, 0.3) is 5.91 Å². The first-order valence-corrected chi connectivity index (χ1v) is 12.1. The average Bonchev–Trinajstić information content (AvgIpc) is 2.81. The minimum Gasteiger partial charge on any atom is -0.347 e. The predicted molar refractivity (Wildman–Crippen MR) is 122 cm³/mol. The maximum atomic E-state index is 12.8. The summed E-state index contributed by atoms with van der Waals surface area (Å²) in [7, 11) is -1.63. The number of hydrogen-bond donors (Lipinski definition) is 1. The van der Waals surface area contributed by atoms with Gasteiger partial charge >= 0.3 is 6.03 Å². The molecule has 3 aromatic rings. The van der Waals surface area contributed by atoms with Gasteiger partial charge in [0.1, 0.15) is 5.69 Å². The number of carbonyl (C=O) groups is 2. The van der Waals surface area contributed by atoms with Gasteiger partial charge < -0.3 is 10.2 Å². The molecule has 0 radical (unpaired) electrons. The molecule has 9 nitrogen and oxygen atoms in total. The first kappa shape index (κ1) is 22.4. The Hall–Kier alpha value is -3.79. The van der Waals surface area contributed by atoms with Crippen molar-refractivity contribution >= 4 is 27.5 Å². The molecule has 1 aliphatic heterocycles. The van der Waals surface area contributed by atoms with Gasteiger partial charge in [-0.3, -0.25) is 14.7 Å². The molecule has 0 aliphatic carbocycles. The number of rotatable bonds is 6. The highest BCUT2D eigenvalue weighted by molar-refractivity contribution is 7.90. The van der Waals surface area contributed by atoms with E-state index < -0.39 is 9.84 Å². The van der Waals surface area contributed by atoms with Crippen LogP contribution in [0.25, 0.3) is 0 Å². The van der Waals surface area contributed by atoms with E-state index in [1.807, 2.05) is 12.1 Å². The van der Waals surface area contributed by atoms with E-state index in [0.29, 0.717) is 25.3 Å². The number of anilines is 1.